The number of benzene rings is 1. The lowest BCUT2D eigenvalue weighted by Gasteiger charge is -2.44. The SMILES string of the molecule is C[Si](C)OC(C1CNCCC1NCc1ccc2c(c1)OCCO2)C(C)(C)C. The highest BCUT2D eigenvalue weighted by Crippen LogP contribution is 2.33. The highest BCUT2D eigenvalue weighted by Gasteiger charge is 2.39. The largest absolute Gasteiger partial charge is 0.486 e. The molecular formula is C21H35N2O3Si. The standard InChI is InChI=1S/C21H35N2O3Si/c1-21(2,3)20(26-27(4)5)16-14-22-9-8-17(16)23-13-15-6-7-18-19(12-15)25-11-10-24-18/h6-7,12,16-17,20,22-23H,8-11,13-14H2,1-5H3. The molecule has 27 heavy (non-hydrogen) atoms. The van der Waals surface area contributed by atoms with Crippen molar-refractivity contribution < 1.29 is 13.9 Å². The molecule has 151 valence electrons. The first-order chi connectivity index (χ1) is 12.8. The van der Waals surface area contributed by atoms with E-state index < -0.39 is 9.04 Å². The first-order valence-corrected chi connectivity index (χ1v) is 12.5. The van der Waals surface area contributed by atoms with Crippen LogP contribution in [0.5, 0.6) is 11.5 Å². The van der Waals surface area contributed by atoms with Crippen LogP contribution in [0, 0.1) is 11.3 Å². The van der Waals surface area contributed by atoms with Gasteiger partial charge >= 0.3 is 0 Å². The van der Waals surface area contributed by atoms with E-state index in [-0.39, 0.29) is 11.5 Å². The molecule has 5 nitrogen and oxygen atoms in total. The summed E-state index contributed by atoms with van der Waals surface area (Å²) >= 11 is 0. The molecule has 2 aliphatic rings. The molecule has 0 aromatic heterocycles. The lowest BCUT2D eigenvalue weighted by molar-refractivity contribution is 0.00820. The van der Waals surface area contributed by atoms with Crippen LogP contribution in [0.1, 0.15) is 32.8 Å². The quantitative estimate of drug-likeness (QED) is 0.730. The van der Waals surface area contributed by atoms with Crippen LogP contribution in [0.3, 0.4) is 0 Å². The monoisotopic (exact) mass is 391 g/mol. The summed E-state index contributed by atoms with van der Waals surface area (Å²) < 4.78 is 17.8. The van der Waals surface area contributed by atoms with Gasteiger partial charge in [0.1, 0.15) is 13.2 Å². The molecule has 2 N–H and O–H groups in total. The molecule has 1 saturated heterocycles. The summed E-state index contributed by atoms with van der Waals surface area (Å²) in [5.41, 5.74) is 1.36. The van der Waals surface area contributed by atoms with Crippen molar-refractivity contribution in [3.63, 3.8) is 0 Å². The number of hydrogen-bond donors (Lipinski definition) is 2. The molecule has 2 heterocycles. The minimum atomic E-state index is -0.749. The van der Waals surface area contributed by atoms with Crippen LogP contribution in [0.15, 0.2) is 18.2 Å². The predicted octanol–water partition coefficient (Wildman–Crippen LogP) is 3.21. The fourth-order valence-electron chi connectivity index (χ4n) is 4.06. The van der Waals surface area contributed by atoms with Crippen molar-refractivity contribution >= 4 is 9.04 Å². The van der Waals surface area contributed by atoms with Crippen LogP contribution in [-0.4, -0.2) is 47.5 Å². The van der Waals surface area contributed by atoms with Gasteiger partial charge in [0.15, 0.2) is 11.5 Å². The number of rotatable bonds is 6. The Morgan fingerprint density at radius 1 is 1.22 bits per heavy atom. The van der Waals surface area contributed by atoms with Gasteiger partial charge in [-0.2, -0.15) is 0 Å². The molecule has 0 aliphatic carbocycles. The summed E-state index contributed by atoms with van der Waals surface area (Å²) in [6.07, 6.45) is 1.38. The van der Waals surface area contributed by atoms with E-state index in [2.05, 4.69) is 56.6 Å². The molecule has 0 spiro atoms. The molecule has 6 heteroatoms. The second-order valence-corrected chi connectivity index (χ2v) is 11.0. The van der Waals surface area contributed by atoms with Crippen molar-refractivity contribution in [2.45, 2.75) is 59.0 Å². The molecule has 3 rings (SSSR count). The third-order valence-corrected chi connectivity index (χ3v) is 6.03. The smallest absolute Gasteiger partial charge is 0.205 e. The van der Waals surface area contributed by atoms with Crippen molar-refractivity contribution in [3.05, 3.63) is 23.8 Å². The Morgan fingerprint density at radius 3 is 2.67 bits per heavy atom. The zero-order valence-electron chi connectivity index (χ0n) is 17.4. The topological polar surface area (TPSA) is 51.8 Å². The molecule has 0 amide bonds. The average molecular weight is 392 g/mol. The minimum absolute atomic E-state index is 0.128. The molecule has 0 saturated carbocycles. The van der Waals surface area contributed by atoms with Crippen molar-refractivity contribution in [1.29, 1.82) is 0 Å². The maximum Gasteiger partial charge on any atom is 0.205 e. The molecule has 1 aromatic carbocycles. The van der Waals surface area contributed by atoms with E-state index in [9.17, 15) is 0 Å². The van der Waals surface area contributed by atoms with E-state index in [0.29, 0.717) is 25.2 Å². The van der Waals surface area contributed by atoms with Crippen molar-refractivity contribution in [1.82, 2.24) is 10.6 Å². The van der Waals surface area contributed by atoms with E-state index in [1.54, 1.807) is 0 Å². The molecule has 2 aliphatic heterocycles. The van der Waals surface area contributed by atoms with Gasteiger partial charge in [0.05, 0.1) is 6.10 Å². The highest BCUT2D eigenvalue weighted by molar-refractivity contribution is 6.48. The van der Waals surface area contributed by atoms with Gasteiger partial charge in [-0.3, -0.25) is 0 Å². The number of ether oxygens (including phenoxy) is 2. The number of hydrogen-bond acceptors (Lipinski definition) is 5. The molecule has 3 unspecified atom stereocenters. The maximum atomic E-state index is 6.50. The molecule has 3 atom stereocenters. The lowest BCUT2D eigenvalue weighted by Crippen LogP contribution is -2.56. The van der Waals surface area contributed by atoms with E-state index >= 15 is 0 Å². The van der Waals surface area contributed by atoms with E-state index in [0.717, 1.165) is 37.6 Å². The Bertz CT molecular complexity index is 618. The number of piperidine rings is 1. The van der Waals surface area contributed by atoms with Gasteiger partial charge in [-0.05, 0) is 49.2 Å². The van der Waals surface area contributed by atoms with Gasteiger partial charge in [0.2, 0.25) is 9.04 Å². The van der Waals surface area contributed by atoms with Gasteiger partial charge in [0, 0.05) is 25.0 Å². The molecule has 1 radical (unpaired) electrons. The lowest BCUT2D eigenvalue weighted by atomic mass is 9.76. The first kappa shape index (κ1) is 20.6. The van der Waals surface area contributed by atoms with Gasteiger partial charge in [0.25, 0.3) is 0 Å². The Balaban J connectivity index is 1.68. The third-order valence-electron chi connectivity index (χ3n) is 5.31. The van der Waals surface area contributed by atoms with Crippen molar-refractivity contribution in [2.24, 2.45) is 11.3 Å². The van der Waals surface area contributed by atoms with Gasteiger partial charge < -0.3 is 24.5 Å². The van der Waals surface area contributed by atoms with Crippen LogP contribution in [0.25, 0.3) is 0 Å². The summed E-state index contributed by atoms with van der Waals surface area (Å²) in [5.74, 6) is 2.19. The molecular weight excluding hydrogens is 356 g/mol. The minimum Gasteiger partial charge on any atom is -0.486 e. The van der Waals surface area contributed by atoms with Crippen LogP contribution in [-0.2, 0) is 11.0 Å². The fourth-order valence-corrected chi connectivity index (χ4v) is 5.10. The van der Waals surface area contributed by atoms with Crippen LogP contribution >= 0.6 is 0 Å². The van der Waals surface area contributed by atoms with Crippen LogP contribution in [0.4, 0.5) is 0 Å². The van der Waals surface area contributed by atoms with Gasteiger partial charge in [-0.25, -0.2) is 0 Å². The Labute approximate surface area is 165 Å². The van der Waals surface area contributed by atoms with E-state index in [1.807, 2.05) is 6.07 Å². The molecule has 1 fully saturated rings. The number of fused-ring (bicyclic) bond motifs is 1. The molecule has 0 bridgehead atoms. The van der Waals surface area contributed by atoms with Gasteiger partial charge in [-0.15, -0.1) is 0 Å². The Morgan fingerprint density at radius 2 is 1.96 bits per heavy atom. The van der Waals surface area contributed by atoms with Crippen LogP contribution < -0.4 is 20.1 Å². The molecule has 1 aromatic rings. The summed E-state index contributed by atoms with van der Waals surface area (Å²) in [5, 5.41) is 7.40. The van der Waals surface area contributed by atoms with Gasteiger partial charge in [-0.1, -0.05) is 26.8 Å². The zero-order chi connectivity index (χ0) is 19.4. The number of nitrogens with one attached hydrogen (secondary N) is 2. The van der Waals surface area contributed by atoms with E-state index in [4.69, 9.17) is 13.9 Å². The fraction of sp³-hybridized carbons (Fsp3) is 0.714. The van der Waals surface area contributed by atoms with Crippen molar-refractivity contribution in [3.8, 4) is 11.5 Å². The summed E-state index contributed by atoms with van der Waals surface area (Å²) in [4.78, 5) is 0. The second kappa shape index (κ2) is 8.95. The normalized spacial score (nSPS) is 24.1. The van der Waals surface area contributed by atoms with E-state index in [1.165, 1.54) is 5.56 Å². The summed E-state index contributed by atoms with van der Waals surface area (Å²) in [6, 6.07) is 6.71. The summed E-state index contributed by atoms with van der Waals surface area (Å²) in [7, 11) is -0.749. The third kappa shape index (κ3) is 5.47. The highest BCUT2D eigenvalue weighted by atomic mass is 28.3. The second-order valence-electron chi connectivity index (χ2n) is 8.93. The van der Waals surface area contributed by atoms with Crippen LogP contribution in [0.2, 0.25) is 13.1 Å². The zero-order valence-corrected chi connectivity index (χ0v) is 18.4. The first-order valence-electron chi connectivity index (χ1n) is 10.1. The van der Waals surface area contributed by atoms with Crippen molar-refractivity contribution in [2.75, 3.05) is 26.3 Å². The Hall–Kier alpha value is -1.08. The maximum absolute atomic E-state index is 6.50. The average Bonchev–Trinajstić information content (AvgIpc) is 2.63. The Kier molecular flexibility index (Phi) is 6.84. The predicted molar refractivity (Wildman–Crippen MR) is 111 cm³/mol. The summed E-state index contributed by atoms with van der Waals surface area (Å²) in [6.45, 7) is 15.5.